The number of likely N-dealkylation sites (N-methyl/N-ethyl adjacent to an activating group) is 1. The van der Waals surface area contributed by atoms with E-state index in [2.05, 4.69) is 21.2 Å². The largest absolute Gasteiger partial charge is 0.490 e. The highest BCUT2D eigenvalue weighted by atomic mass is 32.2. The zero-order valence-corrected chi connectivity index (χ0v) is 18.1. The maximum Gasteiger partial charge on any atom is 0.268 e. The van der Waals surface area contributed by atoms with Gasteiger partial charge in [-0.1, -0.05) is 6.07 Å². The zero-order valence-electron chi connectivity index (χ0n) is 17.3. The van der Waals surface area contributed by atoms with Gasteiger partial charge in [0.25, 0.3) is 10.0 Å². The number of hydrogen-bond donors (Lipinski definition) is 1. The summed E-state index contributed by atoms with van der Waals surface area (Å²) in [6, 6.07) is 11.2. The Kier molecular flexibility index (Phi) is 4.63. The number of piperazine rings is 1. The lowest BCUT2D eigenvalue weighted by Crippen LogP contribution is -2.43. The summed E-state index contributed by atoms with van der Waals surface area (Å²) in [6.07, 6.45) is 1.72. The van der Waals surface area contributed by atoms with Gasteiger partial charge in [-0.2, -0.15) is 0 Å². The highest BCUT2D eigenvalue weighted by Gasteiger charge is 2.24. The van der Waals surface area contributed by atoms with Crippen LogP contribution in [0.5, 0.6) is 5.75 Å². The molecule has 0 atom stereocenters. The van der Waals surface area contributed by atoms with E-state index in [-0.39, 0.29) is 4.90 Å². The molecule has 7 nitrogen and oxygen atoms in total. The summed E-state index contributed by atoms with van der Waals surface area (Å²) in [5.74, 6) is 0.611. The van der Waals surface area contributed by atoms with Gasteiger partial charge in [0.05, 0.1) is 22.6 Å². The normalized spacial score (nSPS) is 17.1. The van der Waals surface area contributed by atoms with Crippen LogP contribution in [0, 0.1) is 6.92 Å². The minimum Gasteiger partial charge on any atom is -0.490 e. The van der Waals surface area contributed by atoms with Gasteiger partial charge in [-0.05, 0) is 36.8 Å². The number of hydrogen-bond acceptors (Lipinski definition) is 6. The SMILES string of the molecule is Cc1cn(S(=O)(=O)c2ccc3c(c2)OCCN3C)c2cc(N3CCNCC3)ccc12. The smallest absolute Gasteiger partial charge is 0.268 e. The monoisotopic (exact) mass is 426 g/mol. The summed E-state index contributed by atoms with van der Waals surface area (Å²) < 4.78 is 34.3. The van der Waals surface area contributed by atoms with Crippen LogP contribution < -0.4 is 19.9 Å². The first kappa shape index (κ1) is 19.3. The Hall–Kier alpha value is -2.71. The molecule has 158 valence electrons. The minimum atomic E-state index is -3.76. The lowest BCUT2D eigenvalue weighted by Gasteiger charge is -2.29. The molecule has 1 saturated heterocycles. The lowest BCUT2D eigenvalue weighted by atomic mass is 10.1. The number of anilines is 2. The molecule has 8 heteroatoms. The van der Waals surface area contributed by atoms with Crippen molar-refractivity contribution in [2.45, 2.75) is 11.8 Å². The van der Waals surface area contributed by atoms with Crippen molar-refractivity contribution in [3.8, 4) is 5.75 Å². The molecule has 0 spiro atoms. The van der Waals surface area contributed by atoms with E-state index in [1.165, 1.54) is 3.97 Å². The predicted octanol–water partition coefficient (Wildman–Crippen LogP) is 2.42. The van der Waals surface area contributed by atoms with Crippen LogP contribution in [0.25, 0.3) is 10.9 Å². The van der Waals surface area contributed by atoms with Crippen LogP contribution in [0.4, 0.5) is 11.4 Å². The molecule has 2 aliphatic heterocycles. The Morgan fingerprint density at radius 3 is 2.63 bits per heavy atom. The number of nitrogens with one attached hydrogen (secondary N) is 1. The molecule has 5 rings (SSSR count). The fraction of sp³-hybridized carbons (Fsp3) is 0.364. The number of aromatic nitrogens is 1. The molecule has 0 bridgehead atoms. The number of benzene rings is 2. The number of aryl methyl sites for hydroxylation is 1. The highest BCUT2D eigenvalue weighted by molar-refractivity contribution is 7.90. The molecule has 3 heterocycles. The van der Waals surface area contributed by atoms with Crippen LogP contribution in [-0.2, 0) is 10.0 Å². The van der Waals surface area contributed by atoms with Crippen molar-refractivity contribution < 1.29 is 13.2 Å². The van der Waals surface area contributed by atoms with Gasteiger partial charge in [0.15, 0.2) is 0 Å². The van der Waals surface area contributed by atoms with Gasteiger partial charge < -0.3 is 19.9 Å². The Bertz CT molecular complexity index is 1210. The average Bonchev–Trinajstić information content (AvgIpc) is 3.11. The third kappa shape index (κ3) is 3.11. The summed E-state index contributed by atoms with van der Waals surface area (Å²) in [7, 11) is -1.77. The summed E-state index contributed by atoms with van der Waals surface area (Å²) >= 11 is 0. The molecule has 0 unspecified atom stereocenters. The van der Waals surface area contributed by atoms with Crippen LogP contribution in [0.3, 0.4) is 0 Å². The molecular weight excluding hydrogens is 400 g/mol. The highest BCUT2D eigenvalue weighted by Crippen LogP contribution is 2.35. The molecule has 2 aliphatic rings. The molecule has 1 aromatic heterocycles. The second-order valence-corrected chi connectivity index (χ2v) is 9.77. The maximum absolute atomic E-state index is 13.6. The standard InChI is InChI=1S/C22H26N4O3S/c1-16-15-26(21-13-17(3-5-19(16)21)25-9-7-23-8-10-25)30(27,28)18-4-6-20-22(14-18)29-12-11-24(20)2/h3-6,13-15,23H,7-12H2,1-2H3. The van der Waals surface area contributed by atoms with Gasteiger partial charge >= 0.3 is 0 Å². The van der Waals surface area contributed by atoms with Crippen LogP contribution in [0.1, 0.15) is 5.56 Å². The zero-order chi connectivity index (χ0) is 20.9. The second-order valence-electron chi connectivity index (χ2n) is 7.95. The van der Waals surface area contributed by atoms with Gasteiger partial charge in [0, 0.05) is 56.6 Å². The molecular formula is C22H26N4O3S. The second kappa shape index (κ2) is 7.21. The lowest BCUT2D eigenvalue weighted by molar-refractivity contribution is 0.310. The van der Waals surface area contributed by atoms with E-state index in [1.807, 2.05) is 32.2 Å². The maximum atomic E-state index is 13.6. The van der Waals surface area contributed by atoms with E-state index in [1.54, 1.807) is 18.3 Å². The van der Waals surface area contributed by atoms with Crippen molar-refractivity contribution in [3.63, 3.8) is 0 Å². The van der Waals surface area contributed by atoms with E-state index in [0.717, 1.165) is 55.0 Å². The number of nitrogens with zero attached hydrogens (tertiary/aromatic N) is 3. The van der Waals surface area contributed by atoms with E-state index < -0.39 is 10.0 Å². The summed E-state index contributed by atoms with van der Waals surface area (Å²) in [4.78, 5) is 4.60. The molecule has 30 heavy (non-hydrogen) atoms. The van der Waals surface area contributed by atoms with Gasteiger partial charge in [-0.15, -0.1) is 0 Å². The minimum absolute atomic E-state index is 0.237. The first-order valence-corrected chi connectivity index (χ1v) is 11.7. The van der Waals surface area contributed by atoms with E-state index >= 15 is 0 Å². The van der Waals surface area contributed by atoms with E-state index in [4.69, 9.17) is 4.74 Å². The third-order valence-corrected chi connectivity index (χ3v) is 7.69. The van der Waals surface area contributed by atoms with Crippen molar-refractivity contribution >= 4 is 32.3 Å². The average molecular weight is 427 g/mol. The Morgan fingerprint density at radius 2 is 1.83 bits per heavy atom. The Labute approximate surface area is 176 Å². The first-order chi connectivity index (χ1) is 14.4. The Balaban J connectivity index is 1.61. The molecule has 3 aromatic rings. The van der Waals surface area contributed by atoms with Gasteiger partial charge in [0.2, 0.25) is 0 Å². The topological polar surface area (TPSA) is 66.8 Å². The van der Waals surface area contributed by atoms with Crippen molar-refractivity contribution in [1.82, 2.24) is 9.29 Å². The molecule has 0 saturated carbocycles. The molecule has 0 aliphatic carbocycles. The molecule has 0 amide bonds. The summed E-state index contributed by atoms with van der Waals surface area (Å²) in [5, 5.41) is 4.30. The van der Waals surface area contributed by atoms with Crippen LogP contribution in [0.15, 0.2) is 47.5 Å². The predicted molar refractivity (Wildman–Crippen MR) is 120 cm³/mol. The third-order valence-electron chi connectivity index (χ3n) is 6.02. The van der Waals surface area contributed by atoms with Crippen LogP contribution >= 0.6 is 0 Å². The Morgan fingerprint density at radius 1 is 1.03 bits per heavy atom. The van der Waals surface area contributed by atoms with Gasteiger partial charge in [-0.3, -0.25) is 0 Å². The quantitative estimate of drug-likeness (QED) is 0.694. The van der Waals surface area contributed by atoms with Crippen molar-refractivity contribution in [2.24, 2.45) is 0 Å². The molecule has 0 radical (unpaired) electrons. The van der Waals surface area contributed by atoms with E-state index in [9.17, 15) is 8.42 Å². The van der Waals surface area contributed by atoms with Crippen molar-refractivity contribution in [1.29, 1.82) is 0 Å². The van der Waals surface area contributed by atoms with Crippen molar-refractivity contribution in [2.75, 3.05) is 56.2 Å². The first-order valence-electron chi connectivity index (χ1n) is 10.3. The van der Waals surface area contributed by atoms with Gasteiger partial charge in [-0.25, -0.2) is 12.4 Å². The fourth-order valence-corrected chi connectivity index (χ4v) is 5.71. The summed E-state index contributed by atoms with van der Waals surface area (Å²) in [5.41, 5.74) is 3.61. The van der Waals surface area contributed by atoms with E-state index in [0.29, 0.717) is 17.9 Å². The molecule has 2 aromatic carbocycles. The number of rotatable bonds is 3. The van der Waals surface area contributed by atoms with Crippen LogP contribution in [0.2, 0.25) is 0 Å². The number of ether oxygens (including phenoxy) is 1. The van der Waals surface area contributed by atoms with Crippen molar-refractivity contribution in [3.05, 3.63) is 48.2 Å². The molecule has 1 N–H and O–H groups in total. The number of fused-ring (bicyclic) bond motifs is 2. The van der Waals surface area contributed by atoms with Crippen LogP contribution in [-0.4, -0.2) is 58.8 Å². The summed E-state index contributed by atoms with van der Waals surface area (Å²) in [6.45, 7) is 6.97. The fourth-order valence-electron chi connectivity index (χ4n) is 4.28. The molecule has 1 fully saturated rings. The van der Waals surface area contributed by atoms with Gasteiger partial charge in [0.1, 0.15) is 12.4 Å².